The third kappa shape index (κ3) is 2.97. The fraction of sp³-hybridized carbons (Fsp3) is 0.286. The third-order valence-electron chi connectivity index (χ3n) is 3.17. The lowest BCUT2D eigenvalue weighted by molar-refractivity contribution is 0.669. The summed E-state index contributed by atoms with van der Waals surface area (Å²) in [7, 11) is 0. The molecular formula is C14H13BrClNS2. The second-order valence-electron chi connectivity index (χ2n) is 4.65. The fourth-order valence-corrected chi connectivity index (χ4v) is 5.64. The van der Waals surface area contributed by atoms with Crippen molar-refractivity contribution in [3.63, 3.8) is 0 Å². The predicted octanol–water partition coefficient (Wildman–Crippen LogP) is 6.20. The average molecular weight is 375 g/mol. The Morgan fingerprint density at radius 3 is 3.00 bits per heavy atom. The van der Waals surface area contributed by atoms with Crippen molar-refractivity contribution >= 4 is 56.3 Å². The summed E-state index contributed by atoms with van der Waals surface area (Å²) in [5.74, 6) is 0. The van der Waals surface area contributed by atoms with Gasteiger partial charge in [-0.15, -0.1) is 23.1 Å². The first kappa shape index (κ1) is 13.8. The Labute approximate surface area is 134 Å². The number of thioether (sulfide) groups is 1. The first-order valence-electron chi connectivity index (χ1n) is 6.09. The Morgan fingerprint density at radius 2 is 2.21 bits per heavy atom. The van der Waals surface area contributed by atoms with E-state index < -0.39 is 0 Å². The molecule has 0 amide bonds. The van der Waals surface area contributed by atoms with Crippen LogP contribution in [0.4, 0.5) is 5.69 Å². The molecule has 1 unspecified atom stereocenters. The molecule has 2 heterocycles. The molecule has 3 rings (SSSR count). The van der Waals surface area contributed by atoms with Gasteiger partial charge in [0.15, 0.2) is 0 Å². The lowest BCUT2D eigenvalue weighted by Gasteiger charge is -2.28. The minimum atomic E-state index is 0.384. The number of thiophene rings is 1. The zero-order valence-electron chi connectivity index (χ0n) is 10.3. The Bertz CT molecular complexity index is 599. The molecular weight excluding hydrogens is 362 g/mol. The molecule has 0 aliphatic carbocycles. The van der Waals surface area contributed by atoms with E-state index in [-0.39, 0.29) is 0 Å². The number of fused-ring (bicyclic) bond motifs is 1. The molecule has 0 radical (unpaired) electrons. The molecule has 0 saturated carbocycles. The normalized spacial score (nSPS) is 22.1. The molecule has 0 spiro atoms. The fourth-order valence-electron chi connectivity index (χ4n) is 2.28. The summed E-state index contributed by atoms with van der Waals surface area (Å²) in [5, 5.41) is 7.22. The Balaban J connectivity index is 1.88. The molecule has 1 aromatic heterocycles. The van der Waals surface area contributed by atoms with Crippen molar-refractivity contribution in [2.24, 2.45) is 0 Å². The molecule has 2 aromatic rings. The van der Waals surface area contributed by atoms with Crippen LogP contribution in [0.5, 0.6) is 0 Å². The molecule has 19 heavy (non-hydrogen) atoms. The van der Waals surface area contributed by atoms with Crippen molar-refractivity contribution in [2.75, 3.05) is 5.32 Å². The van der Waals surface area contributed by atoms with E-state index in [4.69, 9.17) is 11.6 Å². The van der Waals surface area contributed by atoms with Gasteiger partial charge in [-0.25, -0.2) is 0 Å². The van der Waals surface area contributed by atoms with E-state index in [1.54, 1.807) is 0 Å². The van der Waals surface area contributed by atoms with Gasteiger partial charge in [-0.3, -0.25) is 0 Å². The number of benzene rings is 1. The SMILES string of the molecule is C[C@H]1CC(Nc2ccc(Cl)cc2Br)c2ccsc2S1. The molecule has 1 aromatic carbocycles. The second kappa shape index (κ2) is 5.68. The molecule has 5 heteroatoms. The second-order valence-corrected chi connectivity index (χ2v) is 8.56. The minimum Gasteiger partial charge on any atom is -0.377 e. The van der Waals surface area contributed by atoms with Gasteiger partial charge in [-0.1, -0.05) is 18.5 Å². The van der Waals surface area contributed by atoms with E-state index >= 15 is 0 Å². The number of anilines is 1. The van der Waals surface area contributed by atoms with Crippen LogP contribution in [0.15, 0.2) is 38.3 Å². The van der Waals surface area contributed by atoms with Gasteiger partial charge in [0, 0.05) is 20.4 Å². The van der Waals surface area contributed by atoms with E-state index in [0.717, 1.165) is 21.6 Å². The van der Waals surface area contributed by atoms with Crippen molar-refractivity contribution in [1.29, 1.82) is 0 Å². The summed E-state index contributed by atoms with van der Waals surface area (Å²) >= 11 is 13.4. The van der Waals surface area contributed by atoms with Gasteiger partial charge in [0.25, 0.3) is 0 Å². The standard InChI is InChI=1S/C14H13BrClNS2/c1-8-6-13(10-4-5-18-14(10)19-8)17-12-3-2-9(16)7-11(12)15/h2-5,7-8,13,17H,6H2,1H3/t8-,13?/m0/s1. The van der Waals surface area contributed by atoms with Crippen LogP contribution in [0.1, 0.15) is 24.9 Å². The maximum Gasteiger partial charge on any atom is 0.0653 e. The molecule has 1 aliphatic rings. The van der Waals surface area contributed by atoms with Crippen LogP contribution in [0.3, 0.4) is 0 Å². The topological polar surface area (TPSA) is 12.0 Å². The molecule has 1 aliphatic heterocycles. The van der Waals surface area contributed by atoms with Crippen molar-refractivity contribution in [3.05, 3.63) is 44.7 Å². The van der Waals surface area contributed by atoms with Crippen LogP contribution < -0.4 is 5.32 Å². The summed E-state index contributed by atoms with van der Waals surface area (Å²) < 4.78 is 2.46. The Kier molecular flexibility index (Phi) is 4.13. The van der Waals surface area contributed by atoms with Crippen molar-refractivity contribution in [3.8, 4) is 0 Å². The number of rotatable bonds is 2. The highest BCUT2D eigenvalue weighted by Gasteiger charge is 2.26. The van der Waals surface area contributed by atoms with Crippen molar-refractivity contribution < 1.29 is 0 Å². The largest absolute Gasteiger partial charge is 0.377 e. The lowest BCUT2D eigenvalue weighted by Crippen LogP contribution is -2.19. The van der Waals surface area contributed by atoms with Gasteiger partial charge in [0.2, 0.25) is 0 Å². The van der Waals surface area contributed by atoms with E-state index in [2.05, 4.69) is 39.6 Å². The van der Waals surface area contributed by atoms with Gasteiger partial charge in [0.05, 0.1) is 10.3 Å². The van der Waals surface area contributed by atoms with E-state index in [1.807, 2.05) is 41.3 Å². The van der Waals surface area contributed by atoms with E-state index in [1.165, 1.54) is 9.77 Å². The Morgan fingerprint density at radius 1 is 1.37 bits per heavy atom. The maximum absolute atomic E-state index is 5.99. The van der Waals surface area contributed by atoms with Crippen LogP contribution in [-0.4, -0.2) is 5.25 Å². The highest BCUT2D eigenvalue weighted by atomic mass is 79.9. The highest BCUT2D eigenvalue weighted by Crippen LogP contribution is 2.45. The number of hydrogen-bond acceptors (Lipinski definition) is 3. The van der Waals surface area contributed by atoms with Crippen LogP contribution in [0.25, 0.3) is 0 Å². The van der Waals surface area contributed by atoms with Gasteiger partial charge >= 0.3 is 0 Å². The van der Waals surface area contributed by atoms with Gasteiger partial charge in [-0.2, -0.15) is 0 Å². The number of nitrogens with one attached hydrogen (secondary N) is 1. The highest BCUT2D eigenvalue weighted by molar-refractivity contribution is 9.10. The molecule has 2 atom stereocenters. The summed E-state index contributed by atoms with van der Waals surface area (Å²) in [6, 6.07) is 8.50. The van der Waals surface area contributed by atoms with Crippen LogP contribution >= 0.6 is 50.6 Å². The molecule has 1 nitrogen and oxygen atoms in total. The zero-order chi connectivity index (χ0) is 13.4. The van der Waals surface area contributed by atoms with Gasteiger partial charge in [-0.05, 0) is 57.6 Å². The molecule has 0 saturated heterocycles. The van der Waals surface area contributed by atoms with Crippen molar-refractivity contribution in [2.45, 2.75) is 28.8 Å². The van der Waals surface area contributed by atoms with E-state index in [0.29, 0.717) is 11.3 Å². The molecule has 0 fully saturated rings. The zero-order valence-corrected chi connectivity index (χ0v) is 14.3. The number of hydrogen-bond donors (Lipinski definition) is 1. The molecule has 100 valence electrons. The summed E-state index contributed by atoms with van der Waals surface area (Å²) in [6.07, 6.45) is 1.14. The molecule has 0 bridgehead atoms. The van der Waals surface area contributed by atoms with Gasteiger partial charge < -0.3 is 5.32 Å². The summed E-state index contributed by atoms with van der Waals surface area (Å²) in [6.45, 7) is 2.29. The first-order chi connectivity index (χ1) is 9.13. The first-order valence-corrected chi connectivity index (χ1v) is 9.02. The minimum absolute atomic E-state index is 0.384. The van der Waals surface area contributed by atoms with Crippen LogP contribution in [0.2, 0.25) is 5.02 Å². The molecule has 1 N–H and O–H groups in total. The van der Waals surface area contributed by atoms with Crippen LogP contribution in [0, 0.1) is 0 Å². The quantitative estimate of drug-likeness (QED) is 0.671. The smallest absolute Gasteiger partial charge is 0.0653 e. The lowest BCUT2D eigenvalue weighted by atomic mass is 10.0. The summed E-state index contributed by atoms with van der Waals surface area (Å²) in [4.78, 5) is 0. The van der Waals surface area contributed by atoms with Gasteiger partial charge in [0.1, 0.15) is 0 Å². The van der Waals surface area contributed by atoms with Crippen LogP contribution in [-0.2, 0) is 0 Å². The number of halogens is 2. The van der Waals surface area contributed by atoms with E-state index in [9.17, 15) is 0 Å². The predicted molar refractivity (Wildman–Crippen MR) is 89.8 cm³/mol. The third-order valence-corrected chi connectivity index (χ3v) is 6.41. The summed E-state index contributed by atoms with van der Waals surface area (Å²) in [5.41, 5.74) is 2.53. The maximum atomic E-state index is 5.99. The van der Waals surface area contributed by atoms with Crippen molar-refractivity contribution in [1.82, 2.24) is 0 Å². The average Bonchev–Trinajstić information content (AvgIpc) is 2.80. The monoisotopic (exact) mass is 373 g/mol. The Hall–Kier alpha value is -0.160.